The van der Waals surface area contributed by atoms with Crippen molar-refractivity contribution in [2.75, 3.05) is 7.11 Å². The fraction of sp³-hybridized carbons (Fsp3) is 0.368. The molecule has 0 atom stereocenters. The van der Waals surface area contributed by atoms with Crippen LogP contribution in [0, 0.1) is 18.3 Å². The van der Waals surface area contributed by atoms with E-state index in [1.807, 2.05) is 13.0 Å². The van der Waals surface area contributed by atoms with E-state index in [9.17, 15) is 15.2 Å². The maximum atomic E-state index is 12.7. The predicted molar refractivity (Wildman–Crippen MR) is 98.5 cm³/mol. The van der Waals surface area contributed by atoms with Crippen molar-refractivity contribution in [2.24, 2.45) is 10.2 Å². The number of ether oxygens (including phenoxy) is 1. The molecule has 0 saturated heterocycles. The fourth-order valence-electron chi connectivity index (χ4n) is 2.54. The lowest BCUT2D eigenvalue weighted by Crippen LogP contribution is -2.22. The first-order valence-electron chi connectivity index (χ1n) is 8.45. The topological polar surface area (TPSA) is 100.0 Å². The van der Waals surface area contributed by atoms with Gasteiger partial charge in [-0.15, -0.1) is 5.11 Å². The van der Waals surface area contributed by atoms with Crippen LogP contribution in [0.4, 0.5) is 11.4 Å². The third kappa shape index (κ3) is 4.09. The number of methoxy groups -OCH3 is 1. The Morgan fingerprint density at radius 2 is 1.92 bits per heavy atom. The first-order chi connectivity index (χ1) is 12.5. The smallest absolute Gasteiger partial charge is 0.281 e. The molecule has 0 aliphatic carbocycles. The molecule has 1 aromatic heterocycles. The van der Waals surface area contributed by atoms with E-state index in [1.165, 1.54) is 4.57 Å². The van der Waals surface area contributed by atoms with Crippen molar-refractivity contribution in [3.63, 3.8) is 0 Å². The minimum atomic E-state index is -0.452. The minimum Gasteiger partial charge on any atom is -0.497 e. The monoisotopic (exact) mass is 354 g/mol. The van der Waals surface area contributed by atoms with Gasteiger partial charge in [0.2, 0.25) is 5.88 Å². The van der Waals surface area contributed by atoms with Gasteiger partial charge in [0.1, 0.15) is 17.4 Å². The molecule has 2 rings (SSSR count). The molecular weight excluding hydrogens is 332 g/mol. The molecule has 0 aliphatic heterocycles. The Bertz CT molecular complexity index is 893. The molecule has 0 unspecified atom stereocenters. The predicted octanol–water partition coefficient (Wildman–Crippen LogP) is 4.35. The molecule has 2 aromatic rings. The number of nitriles is 1. The Labute approximate surface area is 152 Å². The van der Waals surface area contributed by atoms with Crippen LogP contribution >= 0.6 is 0 Å². The zero-order valence-corrected chi connectivity index (χ0v) is 15.2. The molecule has 26 heavy (non-hydrogen) atoms. The van der Waals surface area contributed by atoms with Crippen molar-refractivity contribution in [1.29, 1.82) is 5.26 Å². The highest BCUT2D eigenvalue weighted by Gasteiger charge is 2.18. The number of nitrogens with zero attached hydrogens (tertiary/aromatic N) is 4. The summed E-state index contributed by atoms with van der Waals surface area (Å²) in [5, 5.41) is 27.8. The largest absolute Gasteiger partial charge is 0.497 e. The molecule has 0 bridgehead atoms. The van der Waals surface area contributed by atoms with Gasteiger partial charge in [-0.2, -0.15) is 10.4 Å². The lowest BCUT2D eigenvalue weighted by molar-refractivity contribution is 0.398. The molecule has 0 saturated carbocycles. The second-order valence-electron chi connectivity index (χ2n) is 5.85. The Morgan fingerprint density at radius 1 is 1.23 bits per heavy atom. The summed E-state index contributed by atoms with van der Waals surface area (Å²) >= 11 is 0. The van der Waals surface area contributed by atoms with Crippen LogP contribution in [0.1, 0.15) is 37.3 Å². The van der Waals surface area contributed by atoms with Crippen molar-refractivity contribution in [3.8, 4) is 17.7 Å². The van der Waals surface area contributed by atoms with Crippen LogP contribution in [0.2, 0.25) is 0 Å². The number of rotatable bonds is 7. The van der Waals surface area contributed by atoms with Crippen LogP contribution < -0.4 is 10.3 Å². The van der Waals surface area contributed by atoms with Gasteiger partial charge in [0.15, 0.2) is 5.69 Å². The van der Waals surface area contributed by atoms with Crippen LogP contribution in [0.5, 0.6) is 11.6 Å². The SMILES string of the molecule is CCCCCn1c(O)c(C#N)c(C)c(N=Nc2ccc(OC)cc2)c1=O. The average Bonchev–Trinajstić information content (AvgIpc) is 2.65. The van der Waals surface area contributed by atoms with Gasteiger partial charge in [0, 0.05) is 12.1 Å². The molecule has 1 N–H and O–H groups in total. The third-order valence-electron chi connectivity index (χ3n) is 4.09. The normalized spacial score (nSPS) is 10.8. The lowest BCUT2D eigenvalue weighted by atomic mass is 10.1. The highest BCUT2D eigenvalue weighted by molar-refractivity contribution is 5.56. The molecule has 0 amide bonds. The summed E-state index contributed by atoms with van der Waals surface area (Å²) in [5.41, 5.74) is 0.525. The van der Waals surface area contributed by atoms with E-state index in [4.69, 9.17) is 4.74 Å². The number of benzene rings is 1. The van der Waals surface area contributed by atoms with Crippen LogP contribution in [0.25, 0.3) is 0 Å². The summed E-state index contributed by atoms with van der Waals surface area (Å²) in [6.07, 6.45) is 2.63. The molecule has 0 radical (unpaired) electrons. The Hall–Kier alpha value is -3.14. The first-order valence-corrected chi connectivity index (χ1v) is 8.45. The molecule has 7 nitrogen and oxygen atoms in total. The zero-order valence-electron chi connectivity index (χ0n) is 15.2. The number of hydrogen-bond donors (Lipinski definition) is 1. The summed E-state index contributed by atoms with van der Waals surface area (Å²) in [6.45, 7) is 3.96. The van der Waals surface area contributed by atoms with Crippen LogP contribution in [-0.4, -0.2) is 16.8 Å². The van der Waals surface area contributed by atoms with Gasteiger partial charge >= 0.3 is 0 Å². The molecule has 0 aliphatic rings. The van der Waals surface area contributed by atoms with Crippen molar-refractivity contribution < 1.29 is 9.84 Å². The minimum absolute atomic E-state index is 0.0461. The van der Waals surface area contributed by atoms with Gasteiger partial charge < -0.3 is 9.84 Å². The first kappa shape index (κ1) is 19.2. The van der Waals surface area contributed by atoms with Gasteiger partial charge in [-0.3, -0.25) is 9.36 Å². The number of aromatic hydroxyl groups is 1. The number of hydrogen-bond acceptors (Lipinski definition) is 6. The number of pyridine rings is 1. The van der Waals surface area contributed by atoms with Crippen LogP contribution in [-0.2, 0) is 6.54 Å². The molecule has 0 spiro atoms. The van der Waals surface area contributed by atoms with Crippen LogP contribution in [0.15, 0.2) is 39.3 Å². The highest BCUT2D eigenvalue weighted by Crippen LogP contribution is 2.27. The van der Waals surface area contributed by atoms with Gasteiger partial charge in [0.05, 0.1) is 12.8 Å². The highest BCUT2D eigenvalue weighted by atomic mass is 16.5. The molecule has 1 heterocycles. The third-order valence-corrected chi connectivity index (χ3v) is 4.09. The van der Waals surface area contributed by atoms with E-state index >= 15 is 0 Å². The Morgan fingerprint density at radius 3 is 2.50 bits per heavy atom. The maximum Gasteiger partial charge on any atom is 0.281 e. The second-order valence-corrected chi connectivity index (χ2v) is 5.85. The number of unbranched alkanes of at least 4 members (excludes halogenated alkanes) is 2. The lowest BCUT2D eigenvalue weighted by Gasteiger charge is -2.12. The van der Waals surface area contributed by atoms with Gasteiger partial charge in [-0.1, -0.05) is 19.8 Å². The summed E-state index contributed by atoms with van der Waals surface area (Å²) in [4.78, 5) is 12.7. The Balaban J connectivity index is 2.46. The van der Waals surface area contributed by atoms with E-state index in [-0.39, 0.29) is 17.1 Å². The number of azo groups is 1. The van der Waals surface area contributed by atoms with Gasteiger partial charge in [0.25, 0.3) is 5.56 Å². The van der Waals surface area contributed by atoms with E-state index in [1.54, 1.807) is 38.3 Å². The van der Waals surface area contributed by atoms with E-state index < -0.39 is 5.56 Å². The molecular formula is C19H22N4O3. The van der Waals surface area contributed by atoms with Crippen molar-refractivity contribution in [1.82, 2.24) is 4.57 Å². The van der Waals surface area contributed by atoms with Crippen LogP contribution in [0.3, 0.4) is 0 Å². The standard InChI is InChI=1S/C19H22N4O3/c1-4-5-6-11-23-18(24)16(12-20)13(2)17(19(23)25)22-21-14-7-9-15(26-3)10-8-14/h7-10,24H,4-6,11H2,1-3H3. The van der Waals surface area contributed by atoms with E-state index in [0.29, 0.717) is 23.5 Å². The molecule has 1 aromatic carbocycles. The van der Waals surface area contributed by atoms with Gasteiger partial charge in [-0.25, -0.2) is 0 Å². The van der Waals surface area contributed by atoms with Crippen molar-refractivity contribution >= 4 is 11.4 Å². The summed E-state index contributed by atoms with van der Waals surface area (Å²) < 4.78 is 6.28. The fourth-order valence-corrected chi connectivity index (χ4v) is 2.54. The van der Waals surface area contributed by atoms with E-state index in [0.717, 1.165) is 19.3 Å². The Kier molecular flexibility index (Phi) is 6.50. The molecule has 7 heteroatoms. The zero-order chi connectivity index (χ0) is 19.1. The quantitative estimate of drug-likeness (QED) is 0.590. The van der Waals surface area contributed by atoms with Crippen molar-refractivity contribution in [3.05, 3.63) is 45.7 Å². The van der Waals surface area contributed by atoms with E-state index in [2.05, 4.69) is 10.2 Å². The average molecular weight is 354 g/mol. The van der Waals surface area contributed by atoms with Gasteiger partial charge in [-0.05, 0) is 37.6 Å². The maximum absolute atomic E-state index is 12.7. The summed E-state index contributed by atoms with van der Waals surface area (Å²) in [5.74, 6) is 0.379. The summed E-state index contributed by atoms with van der Waals surface area (Å²) in [7, 11) is 1.57. The molecule has 136 valence electrons. The van der Waals surface area contributed by atoms with Crippen molar-refractivity contribution in [2.45, 2.75) is 39.7 Å². The summed E-state index contributed by atoms with van der Waals surface area (Å²) in [6, 6.07) is 8.85. The molecule has 0 fully saturated rings. The number of aromatic nitrogens is 1. The second kappa shape index (κ2) is 8.81.